The number of hydrogen-bond donors (Lipinski definition) is 1. The molecule has 3 amide bonds. The number of aryl methyl sites for hydroxylation is 1. The third kappa shape index (κ3) is 3.79. The van der Waals surface area contributed by atoms with Gasteiger partial charge in [-0.05, 0) is 37.5 Å². The van der Waals surface area contributed by atoms with Crippen molar-refractivity contribution in [2.45, 2.75) is 38.5 Å². The second kappa shape index (κ2) is 7.38. The van der Waals surface area contributed by atoms with Crippen molar-refractivity contribution in [3.05, 3.63) is 36.0 Å². The minimum absolute atomic E-state index is 0.0931. The molecule has 2 aliphatic rings. The Morgan fingerprint density at radius 2 is 2.19 bits per heavy atom. The monoisotopic (exact) mass is 369 g/mol. The Hall–Kier alpha value is -2.90. The first-order valence-corrected chi connectivity index (χ1v) is 9.37. The molecule has 8 heteroatoms. The lowest BCUT2D eigenvalue weighted by Crippen LogP contribution is -2.41. The summed E-state index contributed by atoms with van der Waals surface area (Å²) in [6.07, 6.45) is 3.30. The van der Waals surface area contributed by atoms with E-state index in [9.17, 15) is 9.59 Å². The molecule has 8 nitrogen and oxygen atoms in total. The molecule has 1 N–H and O–H groups in total. The quantitative estimate of drug-likeness (QED) is 0.898. The molecule has 0 aliphatic carbocycles. The van der Waals surface area contributed by atoms with Crippen molar-refractivity contribution in [3.8, 4) is 0 Å². The van der Waals surface area contributed by atoms with E-state index in [2.05, 4.69) is 15.5 Å². The predicted molar refractivity (Wildman–Crippen MR) is 99.6 cm³/mol. The maximum atomic E-state index is 12.7. The summed E-state index contributed by atoms with van der Waals surface area (Å²) in [4.78, 5) is 32.5. The summed E-state index contributed by atoms with van der Waals surface area (Å²) in [6, 6.07) is 7.30. The molecule has 3 heterocycles. The third-order valence-electron chi connectivity index (χ3n) is 5.10. The van der Waals surface area contributed by atoms with Crippen LogP contribution in [-0.2, 0) is 4.79 Å². The van der Waals surface area contributed by atoms with Gasteiger partial charge in [-0.1, -0.05) is 11.2 Å². The van der Waals surface area contributed by atoms with Crippen molar-refractivity contribution >= 4 is 23.3 Å². The summed E-state index contributed by atoms with van der Waals surface area (Å²) in [5, 5.41) is 6.95. The number of hydrogen-bond acceptors (Lipinski definition) is 5. The lowest BCUT2D eigenvalue weighted by Gasteiger charge is -2.31. The zero-order chi connectivity index (χ0) is 18.8. The summed E-state index contributed by atoms with van der Waals surface area (Å²) in [6.45, 7) is 3.76. The lowest BCUT2D eigenvalue weighted by atomic mass is 9.98. The number of carbonyl (C=O) groups is 2. The van der Waals surface area contributed by atoms with Crippen LogP contribution < -0.4 is 10.2 Å². The molecule has 27 heavy (non-hydrogen) atoms. The molecule has 0 unspecified atom stereocenters. The fraction of sp³-hybridized carbons (Fsp3) is 0.474. The first-order valence-electron chi connectivity index (χ1n) is 9.37. The maximum absolute atomic E-state index is 12.7. The van der Waals surface area contributed by atoms with E-state index in [0.717, 1.165) is 31.5 Å². The summed E-state index contributed by atoms with van der Waals surface area (Å²) in [5.41, 5.74) is 1.52. The van der Waals surface area contributed by atoms with Gasteiger partial charge in [0.1, 0.15) is 0 Å². The summed E-state index contributed by atoms with van der Waals surface area (Å²) in [7, 11) is 0. The molecule has 0 spiro atoms. The largest absolute Gasteiger partial charge is 0.340 e. The Balaban J connectivity index is 1.42. The van der Waals surface area contributed by atoms with Gasteiger partial charge in [-0.15, -0.1) is 0 Å². The standard InChI is InChI=1S/C19H23N5O3/c1-13-20-18(22-27-13)14-5-3-9-23(12-14)19(26)21-15-6-2-7-16(11-15)24-10-4-8-17(24)25/h2,6-7,11,14H,3-5,8-10,12H2,1H3,(H,21,26)/t14-/m0/s1. The number of carbonyl (C=O) groups excluding carboxylic acids is 2. The average Bonchev–Trinajstić information content (AvgIpc) is 3.30. The average molecular weight is 369 g/mol. The van der Waals surface area contributed by atoms with Crippen LogP contribution in [0.3, 0.4) is 0 Å². The van der Waals surface area contributed by atoms with Crippen LogP contribution >= 0.6 is 0 Å². The molecule has 2 fully saturated rings. The van der Waals surface area contributed by atoms with Gasteiger partial charge in [0.2, 0.25) is 11.8 Å². The first kappa shape index (κ1) is 17.5. The minimum atomic E-state index is -0.148. The van der Waals surface area contributed by atoms with Gasteiger partial charge in [0.25, 0.3) is 0 Å². The van der Waals surface area contributed by atoms with Crippen molar-refractivity contribution in [1.82, 2.24) is 15.0 Å². The van der Waals surface area contributed by atoms with E-state index < -0.39 is 0 Å². The van der Waals surface area contributed by atoms with Crippen LogP contribution in [0.15, 0.2) is 28.8 Å². The molecule has 1 aromatic carbocycles. The van der Waals surface area contributed by atoms with Gasteiger partial charge in [0.05, 0.1) is 0 Å². The van der Waals surface area contributed by atoms with Crippen molar-refractivity contribution in [3.63, 3.8) is 0 Å². The fourth-order valence-electron chi connectivity index (χ4n) is 3.73. The highest BCUT2D eigenvalue weighted by molar-refractivity contribution is 5.96. The highest BCUT2D eigenvalue weighted by Crippen LogP contribution is 2.27. The van der Waals surface area contributed by atoms with Crippen LogP contribution in [0.4, 0.5) is 16.2 Å². The first-order chi connectivity index (χ1) is 13.1. The molecule has 1 atom stereocenters. The van der Waals surface area contributed by atoms with E-state index in [1.54, 1.807) is 16.7 Å². The van der Waals surface area contributed by atoms with Crippen molar-refractivity contribution < 1.29 is 14.1 Å². The van der Waals surface area contributed by atoms with Gasteiger partial charge < -0.3 is 19.6 Å². The van der Waals surface area contributed by atoms with Crippen LogP contribution in [0, 0.1) is 6.92 Å². The minimum Gasteiger partial charge on any atom is -0.340 e. The molecule has 1 aromatic heterocycles. The Kier molecular flexibility index (Phi) is 4.79. The second-order valence-corrected chi connectivity index (χ2v) is 7.09. The van der Waals surface area contributed by atoms with Crippen LogP contribution in [0.1, 0.15) is 43.3 Å². The van der Waals surface area contributed by atoms with Crippen LogP contribution in [0.2, 0.25) is 0 Å². The summed E-state index contributed by atoms with van der Waals surface area (Å²) < 4.78 is 5.07. The molecule has 0 bridgehead atoms. The Morgan fingerprint density at radius 1 is 1.30 bits per heavy atom. The van der Waals surface area contributed by atoms with Gasteiger partial charge >= 0.3 is 6.03 Å². The Bertz CT molecular complexity index is 849. The van der Waals surface area contributed by atoms with Crippen molar-refractivity contribution in [1.29, 1.82) is 0 Å². The number of amides is 3. The van der Waals surface area contributed by atoms with E-state index >= 15 is 0 Å². The fourth-order valence-corrected chi connectivity index (χ4v) is 3.73. The molecule has 0 saturated carbocycles. The van der Waals surface area contributed by atoms with Gasteiger partial charge in [0.15, 0.2) is 5.82 Å². The van der Waals surface area contributed by atoms with Gasteiger partial charge in [-0.2, -0.15) is 4.98 Å². The molecule has 0 radical (unpaired) electrons. The molecule has 4 rings (SSSR count). The van der Waals surface area contributed by atoms with Crippen molar-refractivity contribution in [2.75, 3.05) is 29.9 Å². The zero-order valence-corrected chi connectivity index (χ0v) is 15.4. The van der Waals surface area contributed by atoms with E-state index in [1.807, 2.05) is 24.3 Å². The Labute approximate surface area is 157 Å². The smallest absolute Gasteiger partial charge is 0.321 e. The molecule has 142 valence electrons. The molecule has 2 aromatic rings. The summed E-state index contributed by atoms with van der Waals surface area (Å²) in [5.74, 6) is 1.43. The lowest BCUT2D eigenvalue weighted by molar-refractivity contribution is -0.117. The van der Waals surface area contributed by atoms with E-state index in [1.165, 1.54) is 0 Å². The van der Waals surface area contributed by atoms with Crippen molar-refractivity contribution in [2.24, 2.45) is 0 Å². The van der Waals surface area contributed by atoms with Gasteiger partial charge in [0, 0.05) is 50.3 Å². The molecular weight excluding hydrogens is 346 g/mol. The third-order valence-corrected chi connectivity index (χ3v) is 5.10. The molecule has 2 aliphatic heterocycles. The van der Waals surface area contributed by atoms with E-state index in [-0.39, 0.29) is 17.9 Å². The number of aromatic nitrogens is 2. The number of benzene rings is 1. The highest BCUT2D eigenvalue weighted by atomic mass is 16.5. The van der Waals surface area contributed by atoms with Gasteiger partial charge in [-0.25, -0.2) is 4.79 Å². The second-order valence-electron chi connectivity index (χ2n) is 7.09. The SMILES string of the molecule is Cc1nc([C@H]2CCCN(C(=O)Nc3cccc(N4CCCC4=O)c3)C2)no1. The normalized spacial score (nSPS) is 20.2. The number of nitrogens with zero attached hydrogens (tertiary/aromatic N) is 4. The summed E-state index contributed by atoms with van der Waals surface area (Å²) >= 11 is 0. The number of likely N-dealkylation sites (tertiary alicyclic amines) is 1. The number of nitrogens with one attached hydrogen (secondary N) is 1. The maximum Gasteiger partial charge on any atom is 0.321 e. The number of rotatable bonds is 3. The van der Waals surface area contributed by atoms with Crippen LogP contribution in [0.5, 0.6) is 0 Å². The highest BCUT2D eigenvalue weighted by Gasteiger charge is 2.28. The van der Waals surface area contributed by atoms with Gasteiger partial charge in [-0.3, -0.25) is 4.79 Å². The van der Waals surface area contributed by atoms with E-state index in [4.69, 9.17) is 4.52 Å². The number of urea groups is 1. The Morgan fingerprint density at radius 3 is 2.93 bits per heavy atom. The van der Waals surface area contributed by atoms with Crippen LogP contribution in [-0.4, -0.2) is 46.6 Å². The topological polar surface area (TPSA) is 91.6 Å². The van der Waals surface area contributed by atoms with E-state index in [0.29, 0.717) is 36.9 Å². The van der Waals surface area contributed by atoms with Crippen LogP contribution in [0.25, 0.3) is 0 Å². The number of piperidine rings is 1. The molecular formula is C19H23N5O3. The molecule has 2 saturated heterocycles. The number of anilines is 2. The zero-order valence-electron chi connectivity index (χ0n) is 15.4. The predicted octanol–water partition coefficient (Wildman–Crippen LogP) is 2.92.